The number of carbonyl (C=O) groups is 1. The minimum atomic E-state index is -0.471. The molecule has 0 aliphatic heterocycles. The molecule has 116 valence electrons. The Labute approximate surface area is 132 Å². The first-order chi connectivity index (χ1) is 10.1. The summed E-state index contributed by atoms with van der Waals surface area (Å²) in [7, 11) is 0. The largest absolute Gasteiger partial charge is 0.368 e. The first kappa shape index (κ1) is 16.4. The molecule has 1 aliphatic rings. The van der Waals surface area contributed by atoms with Crippen LogP contribution < -0.4 is 11.1 Å². The van der Waals surface area contributed by atoms with Gasteiger partial charge in [-0.15, -0.1) is 11.8 Å². The molecule has 21 heavy (non-hydrogen) atoms. The van der Waals surface area contributed by atoms with Crippen molar-refractivity contribution < 1.29 is 4.79 Å². The SMILES string of the molecule is CCNC1(C(N)=O)CCCC1CCSc1ccccc1C. The molecule has 0 radical (unpaired) electrons. The second-order valence-corrected chi connectivity index (χ2v) is 6.99. The molecule has 3 nitrogen and oxygen atoms in total. The summed E-state index contributed by atoms with van der Waals surface area (Å²) in [5.74, 6) is 1.23. The zero-order valence-corrected chi connectivity index (χ0v) is 13.8. The minimum absolute atomic E-state index is 0.173. The third-order valence-corrected chi connectivity index (χ3v) is 5.78. The third kappa shape index (κ3) is 3.61. The van der Waals surface area contributed by atoms with Gasteiger partial charge in [0.05, 0.1) is 0 Å². The van der Waals surface area contributed by atoms with E-state index in [9.17, 15) is 4.79 Å². The fraction of sp³-hybridized carbons (Fsp3) is 0.588. The van der Waals surface area contributed by atoms with Gasteiger partial charge in [0.15, 0.2) is 0 Å². The molecule has 3 N–H and O–H groups in total. The summed E-state index contributed by atoms with van der Waals surface area (Å²) in [6.45, 7) is 4.98. The summed E-state index contributed by atoms with van der Waals surface area (Å²) in [5.41, 5.74) is 6.56. The van der Waals surface area contributed by atoms with Crippen LogP contribution >= 0.6 is 11.8 Å². The average Bonchev–Trinajstić information content (AvgIpc) is 2.86. The number of rotatable bonds is 7. The van der Waals surface area contributed by atoms with Crippen LogP contribution in [0.5, 0.6) is 0 Å². The van der Waals surface area contributed by atoms with Gasteiger partial charge in [0, 0.05) is 4.90 Å². The van der Waals surface area contributed by atoms with Crippen LogP contribution in [0.4, 0.5) is 0 Å². The van der Waals surface area contributed by atoms with Crippen LogP contribution in [0.1, 0.15) is 38.2 Å². The Morgan fingerprint density at radius 3 is 2.90 bits per heavy atom. The standard InChI is InChI=1S/C17H26N2OS/c1-3-19-17(16(18)20)11-6-8-14(17)10-12-21-15-9-5-4-7-13(15)2/h4-5,7,9,14,19H,3,6,8,10-12H2,1-2H3,(H2,18,20). The number of amides is 1. The monoisotopic (exact) mass is 306 g/mol. The van der Waals surface area contributed by atoms with Crippen molar-refractivity contribution in [1.82, 2.24) is 5.32 Å². The summed E-state index contributed by atoms with van der Waals surface area (Å²) in [6.07, 6.45) is 4.12. The van der Waals surface area contributed by atoms with Gasteiger partial charge in [-0.1, -0.05) is 31.5 Å². The number of nitrogens with one attached hydrogen (secondary N) is 1. The Kier molecular flexibility index (Phi) is 5.71. The summed E-state index contributed by atoms with van der Waals surface area (Å²) in [6, 6.07) is 8.46. The van der Waals surface area contributed by atoms with Crippen LogP contribution in [0.15, 0.2) is 29.2 Å². The number of likely N-dealkylation sites (N-methyl/N-ethyl adjacent to an activating group) is 1. The van der Waals surface area contributed by atoms with E-state index in [4.69, 9.17) is 5.73 Å². The molecule has 1 aliphatic carbocycles. The normalized spacial score (nSPS) is 25.1. The van der Waals surface area contributed by atoms with E-state index < -0.39 is 5.54 Å². The van der Waals surface area contributed by atoms with Gasteiger partial charge in [-0.05, 0) is 56.0 Å². The maximum Gasteiger partial charge on any atom is 0.238 e. The lowest BCUT2D eigenvalue weighted by atomic mass is 9.84. The van der Waals surface area contributed by atoms with Gasteiger partial charge in [-0.3, -0.25) is 4.79 Å². The van der Waals surface area contributed by atoms with E-state index in [1.807, 2.05) is 18.7 Å². The lowest BCUT2D eigenvalue weighted by molar-refractivity contribution is -0.125. The summed E-state index contributed by atoms with van der Waals surface area (Å²) >= 11 is 1.88. The molecule has 0 heterocycles. The second kappa shape index (κ2) is 7.32. The predicted molar refractivity (Wildman–Crippen MR) is 89.5 cm³/mol. The van der Waals surface area contributed by atoms with Crippen molar-refractivity contribution in [2.75, 3.05) is 12.3 Å². The molecular weight excluding hydrogens is 280 g/mol. The number of hydrogen-bond acceptors (Lipinski definition) is 3. The molecular formula is C17H26N2OS. The summed E-state index contributed by atoms with van der Waals surface area (Å²) in [5, 5.41) is 3.38. The van der Waals surface area contributed by atoms with E-state index in [0.717, 1.165) is 38.0 Å². The van der Waals surface area contributed by atoms with Crippen molar-refractivity contribution in [3.05, 3.63) is 29.8 Å². The van der Waals surface area contributed by atoms with E-state index in [1.165, 1.54) is 10.5 Å². The Morgan fingerprint density at radius 2 is 2.24 bits per heavy atom. The molecule has 2 rings (SSSR count). The highest BCUT2D eigenvalue weighted by molar-refractivity contribution is 7.99. The topological polar surface area (TPSA) is 55.1 Å². The average molecular weight is 306 g/mol. The smallest absolute Gasteiger partial charge is 0.238 e. The van der Waals surface area contributed by atoms with Gasteiger partial charge in [0.2, 0.25) is 5.91 Å². The molecule has 0 spiro atoms. The van der Waals surface area contributed by atoms with Gasteiger partial charge >= 0.3 is 0 Å². The molecule has 2 atom stereocenters. The lowest BCUT2D eigenvalue weighted by Gasteiger charge is -2.33. The number of aryl methyl sites for hydroxylation is 1. The van der Waals surface area contributed by atoms with Gasteiger partial charge in [0.1, 0.15) is 5.54 Å². The van der Waals surface area contributed by atoms with Crippen LogP contribution in [-0.4, -0.2) is 23.7 Å². The second-order valence-electron chi connectivity index (χ2n) is 5.86. The van der Waals surface area contributed by atoms with Crippen LogP contribution in [0.25, 0.3) is 0 Å². The molecule has 4 heteroatoms. The molecule has 2 unspecified atom stereocenters. The molecule has 0 aromatic heterocycles. The first-order valence-electron chi connectivity index (χ1n) is 7.83. The van der Waals surface area contributed by atoms with E-state index in [-0.39, 0.29) is 5.91 Å². The molecule has 1 aromatic carbocycles. The molecule has 1 fully saturated rings. The van der Waals surface area contributed by atoms with Crippen LogP contribution in [0.3, 0.4) is 0 Å². The molecule has 1 aromatic rings. The Morgan fingerprint density at radius 1 is 1.48 bits per heavy atom. The highest BCUT2D eigenvalue weighted by Crippen LogP contribution is 2.39. The predicted octanol–water partition coefficient (Wildman–Crippen LogP) is 3.11. The highest BCUT2D eigenvalue weighted by atomic mass is 32.2. The van der Waals surface area contributed by atoms with Crippen LogP contribution in [0, 0.1) is 12.8 Å². The Hall–Kier alpha value is -1.00. The maximum atomic E-state index is 12.0. The number of nitrogens with two attached hydrogens (primary N) is 1. The van der Waals surface area contributed by atoms with E-state index in [1.54, 1.807) is 0 Å². The number of hydrogen-bond donors (Lipinski definition) is 2. The number of carbonyl (C=O) groups excluding carboxylic acids is 1. The summed E-state index contributed by atoms with van der Waals surface area (Å²) in [4.78, 5) is 13.3. The molecule has 1 amide bonds. The Bertz CT molecular complexity index is 491. The summed E-state index contributed by atoms with van der Waals surface area (Å²) < 4.78 is 0. The molecule has 0 saturated heterocycles. The molecule has 0 bridgehead atoms. The van der Waals surface area contributed by atoms with E-state index in [2.05, 4.69) is 36.5 Å². The fourth-order valence-electron chi connectivity index (χ4n) is 3.46. The van der Waals surface area contributed by atoms with Gasteiger partial charge in [-0.25, -0.2) is 0 Å². The maximum absolute atomic E-state index is 12.0. The number of primary amides is 1. The number of thioether (sulfide) groups is 1. The van der Waals surface area contributed by atoms with Crippen molar-refractivity contribution >= 4 is 17.7 Å². The Balaban J connectivity index is 1.95. The first-order valence-corrected chi connectivity index (χ1v) is 8.82. The minimum Gasteiger partial charge on any atom is -0.368 e. The zero-order valence-electron chi connectivity index (χ0n) is 13.0. The van der Waals surface area contributed by atoms with Crippen molar-refractivity contribution in [2.45, 2.75) is 50.0 Å². The van der Waals surface area contributed by atoms with Gasteiger partial charge in [-0.2, -0.15) is 0 Å². The quantitative estimate of drug-likeness (QED) is 0.761. The van der Waals surface area contributed by atoms with Gasteiger partial charge < -0.3 is 11.1 Å². The molecule has 1 saturated carbocycles. The highest BCUT2D eigenvalue weighted by Gasteiger charge is 2.46. The fourth-order valence-corrected chi connectivity index (χ4v) is 4.55. The van der Waals surface area contributed by atoms with Crippen molar-refractivity contribution in [3.8, 4) is 0 Å². The van der Waals surface area contributed by atoms with Crippen LogP contribution in [0.2, 0.25) is 0 Å². The van der Waals surface area contributed by atoms with Crippen molar-refractivity contribution in [1.29, 1.82) is 0 Å². The van der Waals surface area contributed by atoms with Crippen LogP contribution in [-0.2, 0) is 4.79 Å². The third-order valence-electron chi connectivity index (χ3n) is 4.57. The van der Waals surface area contributed by atoms with Crippen molar-refractivity contribution in [2.24, 2.45) is 11.7 Å². The van der Waals surface area contributed by atoms with Gasteiger partial charge in [0.25, 0.3) is 0 Å². The lowest BCUT2D eigenvalue weighted by Crippen LogP contribution is -2.57. The van der Waals surface area contributed by atoms with Crippen molar-refractivity contribution in [3.63, 3.8) is 0 Å². The number of benzene rings is 1. The zero-order chi connectivity index (χ0) is 15.3. The van der Waals surface area contributed by atoms with E-state index in [0.29, 0.717) is 5.92 Å². The van der Waals surface area contributed by atoms with E-state index >= 15 is 0 Å².